The van der Waals surface area contributed by atoms with E-state index in [9.17, 15) is 10.4 Å². The van der Waals surface area contributed by atoms with Crippen molar-refractivity contribution in [3.63, 3.8) is 0 Å². The second kappa shape index (κ2) is 5.81. The lowest BCUT2D eigenvalue weighted by molar-refractivity contribution is -0.164. The average molecular weight is 265 g/mol. The van der Waals surface area contributed by atoms with E-state index in [1.165, 1.54) is 6.42 Å². The van der Waals surface area contributed by atoms with Gasteiger partial charge in [-0.25, -0.2) is 0 Å². The summed E-state index contributed by atoms with van der Waals surface area (Å²) in [5, 5.41) is 20.9. The summed E-state index contributed by atoms with van der Waals surface area (Å²) >= 11 is 0. The number of nitriles is 1. The third kappa shape index (κ3) is 2.66. The van der Waals surface area contributed by atoms with Crippen molar-refractivity contribution in [3.05, 3.63) is 0 Å². The van der Waals surface area contributed by atoms with E-state index in [0.29, 0.717) is 25.4 Å². The Bertz CT molecular complexity index is 351. The molecule has 1 N–H and O–H groups in total. The van der Waals surface area contributed by atoms with Crippen LogP contribution in [0.2, 0.25) is 0 Å². The molecule has 0 amide bonds. The molecule has 1 aliphatic carbocycles. The summed E-state index contributed by atoms with van der Waals surface area (Å²) < 4.78 is 5.69. The Kier molecular flexibility index (Phi) is 4.53. The Balaban J connectivity index is 2.21. The van der Waals surface area contributed by atoms with Gasteiger partial charge in [0.15, 0.2) is 0 Å². The van der Waals surface area contributed by atoms with Crippen molar-refractivity contribution in [2.75, 3.05) is 6.61 Å². The fourth-order valence-corrected chi connectivity index (χ4v) is 4.00. The Hall–Kier alpha value is -0.590. The molecule has 19 heavy (non-hydrogen) atoms. The first kappa shape index (κ1) is 14.8. The number of hydrogen-bond acceptors (Lipinski definition) is 3. The summed E-state index contributed by atoms with van der Waals surface area (Å²) in [6, 6.07) is 2.53. The molecule has 1 saturated carbocycles. The summed E-state index contributed by atoms with van der Waals surface area (Å²) in [5.74, 6) is 0.598. The van der Waals surface area contributed by atoms with Crippen molar-refractivity contribution in [2.45, 2.75) is 76.9 Å². The van der Waals surface area contributed by atoms with Gasteiger partial charge in [0, 0.05) is 19.4 Å². The van der Waals surface area contributed by atoms with Crippen LogP contribution in [0.1, 0.15) is 65.2 Å². The van der Waals surface area contributed by atoms with Crippen LogP contribution in [-0.4, -0.2) is 23.4 Å². The molecule has 0 aromatic carbocycles. The van der Waals surface area contributed by atoms with E-state index in [1.807, 2.05) is 0 Å². The number of ether oxygens (including phenoxy) is 1. The van der Waals surface area contributed by atoms with Crippen LogP contribution in [0.15, 0.2) is 0 Å². The topological polar surface area (TPSA) is 53.2 Å². The average Bonchev–Trinajstić information content (AvgIpc) is 2.47. The third-order valence-electron chi connectivity index (χ3n) is 5.43. The summed E-state index contributed by atoms with van der Waals surface area (Å²) in [5.41, 5.74) is -1.38. The fraction of sp³-hybridized carbons (Fsp3) is 0.938. The van der Waals surface area contributed by atoms with Gasteiger partial charge in [-0.1, -0.05) is 33.1 Å². The summed E-state index contributed by atoms with van der Waals surface area (Å²) in [6.07, 6.45) is 7.41. The zero-order chi connectivity index (χ0) is 13.9. The minimum absolute atomic E-state index is 0.117. The largest absolute Gasteiger partial charge is 0.388 e. The molecule has 1 aliphatic heterocycles. The summed E-state index contributed by atoms with van der Waals surface area (Å²) in [7, 11) is 0. The lowest BCUT2D eigenvalue weighted by Crippen LogP contribution is -2.55. The van der Waals surface area contributed by atoms with Gasteiger partial charge in [0.2, 0.25) is 0 Å². The van der Waals surface area contributed by atoms with E-state index < -0.39 is 11.0 Å². The van der Waals surface area contributed by atoms with Crippen LogP contribution in [0, 0.1) is 22.7 Å². The zero-order valence-electron chi connectivity index (χ0n) is 12.3. The first-order valence-electron chi connectivity index (χ1n) is 7.84. The van der Waals surface area contributed by atoms with Crippen molar-refractivity contribution in [1.29, 1.82) is 5.26 Å². The van der Waals surface area contributed by atoms with Crippen LogP contribution in [0.5, 0.6) is 0 Å². The van der Waals surface area contributed by atoms with Gasteiger partial charge >= 0.3 is 0 Å². The van der Waals surface area contributed by atoms with E-state index in [4.69, 9.17) is 4.74 Å². The Labute approximate surface area is 117 Å². The highest BCUT2D eigenvalue weighted by Gasteiger charge is 2.54. The van der Waals surface area contributed by atoms with Crippen molar-refractivity contribution < 1.29 is 9.84 Å². The van der Waals surface area contributed by atoms with Gasteiger partial charge in [0.1, 0.15) is 0 Å². The third-order valence-corrected chi connectivity index (χ3v) is 5.43. The van der Waals surface area contributed by atoms with E-state index in [-0.39, 0.29) is 6.10 Å². The number of aliphatic hydroxyl groups is 1. The molecule has 2 fully saturated rings. The van der Waals surface area contributed by atoms with Gasteiger partial charge in [-0.3, -0.25) is 0 Å². The molecule has 1 saturated heterocycles. The second-order valence-electron chi connectivity index (χ2n) is 6.45. The molecule has 0 aromatic heterocycles. The highest BCUT2D eigenvalue weighted by Crippen LogP contribution is 2.51. The summed E-state index contributed by atoms with van der Waals surface area (Å²) in [6.45, 7) is 4.88. The molecule has 0 radical (unpaired) electrons. The van der Waals surface area contributed by atoms with Crippen molar-refractivity contribution in [2.24, 2.45) is 11.3 Å². The molecular weight excluding hydrogens is 238 g/mol. The predicted octanol–water partition coefficient (Wildman–Crippen LogP) is 3.42. The number of nitrogens with zero attached hydrogens (tertiary/aromatic N) is 1. The predicted molar refractivity (Wildman–Crippen MR) is 74.5 cm³/mol. The van der Waals surface area contributed by atoms with Gasteiger partial charge in [0.25, 0.3) is 0 Å². The highest BCUT2D eigenvalue weighted by molar-refractivity contribution is 5.14. The SMILES string of the molecule is CCC1CCCC(C#N)(C2(O)CCOC(CC)C2)C1. The highest BCUT2D eigenvalue weighted by atomic mass is 16.5. The van der Waals surface area contributed by atoms with Crippen LogP contribution in [0.25, 0.3) is 0 Å². The Morgan fingerprint density at radius 1 is 1.26 bits per heavy atom. The zero-order valence-corrected chi connectivity index (χ0v) is 12.3. The molecule has 108 valence electrons. The van der Waals surface area contributed by atoms with E-state index in [1.54, 1.807) is 0 Å². The van der Waals surface area contributed by atoms with Crippen LogP contribution in [0.3, 0.4) is 0 Å². The monoisotopic (exact) mass is 265 g/mol. The standard InChI is InChI=1S/C16H27NO2/c1-3-13-6-5-7-15(10-13,12-17)16(18)8-9-19-14(4-2)11-16/h13-14,18H,3-11H2,1-2H3. The van der Waals surface area contributed by atoms with E-state index in [0.717, 1.165) is 32.1 Å². The Morgan fingerprint density at radius 2 is 2.05 bits per heavy atom. The van der Waals surface area contributed by atoms with Crippen molar-refractivity contribution in [1.82, 2.24) is 0 Å². The Morgan fingerprint density at radius 3 is 2.68 bits per heavy atom. The van der Waals surface area contributed by atoms with Gasteiger partial charge in [-0.2, -0.15) is 5.26 Å². The van der Waals surface area contributed by atoms with Crippen LogP contribution in [-0.2, 0) is 4.74 Å². The molecule has 3 nitrogen and oxygen atoms in total. The molecule has 0 spiro atoms. The fourth-order valence-electron chi connectivity index (χ4n) is 4.00. The van der Waals surface area contributed by atoms with E-state index in [2.05, 4.69) is 19.9 Å². The lowest BCUT2D eigenvalue weighted by Gasteiger charge is -2.50. The summed E-state index contributed by atoms with van der Waals surface area (Å²) in [4.78, 5) is 0. The van der Waals surface area contributed by atoms with Gasteiger partial charge < -0.3 is 9.84 Å². The molecule has 1 heterocycles. The maximum atomic E-state index is 11.2. The minimum atomic E-state index is -0.839. The van der Waals surface area contributed by atoms with Crippen LogP contribution >= 0.6 is 0 Å². The smallest absolute Gasteiger partial charge is 0.0879 e. The molecule has 0 bridgehead atoms. The van der Waals surface area contributed by atoms with Crippen molar-refractivity contribution in [3.8, 4) is 6.07 Å². The first-order valence-corrected chi connectivity index (χ1v) is 7.84. The van der Waals surface area contributed by atoms with Crippen molar-refractivity contribution >= 4 is 0 Å². The second-order valence-corrected chi connectivity index (χ2v) is 6.45. The normalized spacial score (nSPS) is 43.7. The maximum absolute atomic E-state index is 11.2. The minimum Gasteiger partial charge on any atom is -0.388 e. The van der Waals surface area contributed by atoms with Gasteiger partial charge in [-0.05, 0) is 25.2 Å². The van der Waals surface area contributed by atoms with E-state index >= 15 is 0 Å². The van der Waals surface area contributed by atoms with Gasteiger partial charge in [-0.15, -0.1) is 0 Å². The lowest BCUT2D eigenvalue weighted by atomic mass is 9.58. The maximum Gasteiger partial charge on any atom is 0.0879 e. The van der Waals surface area contributed by atoms with Crippen LogP contribution in [0.4, 0.5) is 0 Å². The molecule has 2 rings (SSSR count). The van der Waals surface area contributed by atoms with Gasteiger partial charge in [0.05, 0.1) is 23.2 Å². The molecule has 0 aromatic rings. The molecular formula is C16H27NO2. The molecule has 4 unspecified atom stereocenters. The quantitative estimate of drug-likeness (QED) is 0.850. The first-order chi connectivity index (χ1) is 9.09. The molecule has 3 heteroatoms. The van der Waals surface area contributed by atoms with Crippen LogP contribution < -0.4 is 0 Å². The molecule has 4 atom stereocenters. The number of rotatable bonds is 3. The molecule has 2 aliphatic rings. The number of hydrogen-bond donors (Lipinski definition) is 1.